The molecule has 0 saturated carbocycles. The van der Waals surface area contributed by atoms with Gasteiger partial charge in [-0.1, -0.05) is 11.6 Å². The maximum absolute atomic E-state index is 9.71. The largest absolute Gasteiger partial charge is 0.486 e. The SMILES string of the molecule is OC[C@@H]1C[C@@H](O)CN1Cc1cc2c(cc1Cl)OCCO2. The molecule has 0 aliphatic carbocycles. The Morgan fingerprint density at radius 3 is 2.65 bits per heavy atom. The Kier molecular flexibility index (Phi) is 4.03. The van der Waals surface area contributed by atoms with E-state index in [0.717, 1.165) is 5.56 Å². The molecule has 0 radical (unpaired) electrons. The minimum absolute atomic E-state index is 0.0192. The molecule has 2 heterocycles. The minimum atomic E-state index is -0.386. The molecule has 2 aliphatic heterocycles. The van der Waals surface area contributed by atoms with Gasteiger partial charge in [-0.25, -0.2) is 0 Å². The molecule has 0 unspecified atom stereocenters. The van der Waals surface area contributed by atoms with Gasteiger partial charge in [-0.2, -0.15) is 0 Å². The summed E-state index contributed by atoms with van der Waals surface area (Å²) in [4.78, 5) is 2.04. The topological polar surface area (TPSA) is 62.2 Å². The molecule has 5 nitrogen and oxygen atoms in total. The van der Waals surface area contributed by atoms with Gasteiger partial charge in [0.15, 0.2) is 11.5 Å². The minimum Gasteiger partial charge on any atom is -0.486 e. The summed E-state index contributed by atoms with van der Waals surface area (Å²) in [7, 11) is 0. The molecular formula is C14H18ClNO4. The maximum atomic E-state index is 9.71. The Morgan fingerprint density at radius 1 is 1.25 bits per heavy atom. The highest BCUT2D eigenvalue weighted by molar-refractivity contribution is 6.31. The molecule has 2 aliphatic rings. The second-order valence-electron chi connectivity index (χ2n) is 5.24. The lowest BCUT2D eigenvalue weighted by Crippen LogP contribution is -2.32. The summed E-state index contributed by atoms with van der Waals surface area (Å²) in [6.45, 7) is 2.25. The Labute approximate surface area is 122 Å². The molecule has 1 saturated heterocycles. The van der Waals surface area contributed by atoms with Crippen LogP contribution in [0.2, 0.25) is 5.02 Å². The standard InChI is InChI=1S/C14H18ClNO4/c15-12-5-14-13(19-1-2-20-14)3-9(12)6-16-7-11(18)4-10(16)8-17/h3,5,10-11,17-18H,1-2,4,6-8H2/t10-,11+/m0/s1. The highest BCUT2D eigenvalue weighted by atomic mass is 35.5. The number of ether oxygens (including phenoxy) is 2. The van der Waals surface area contributed by atoms with Gasteiger partial charge in [0, 0.05) is 30.2 Å². The number of aliphatic hydroxyl groups excluding tert-OH is 2. The number of benzene rings is 1. The molecule has 0 amide bonds. The smallest absolute Gasteiger partial charge is 0.162 e. The molecule has 2 N–H and O–H groups in total. The van der Waals surface area contributed by atoms with Crippen molar-refractivity contribution in [3.05, 3.63) is 22.7 Å². The van der Waals surface area contributed by atoms with Crippen LogP contribution < -0.4 is 9.47 Å². The summed E-state index contributed by atoms with van der Waals surface area (Å²) in [6, 6.07) is 3.64. The molecule has 20 heavy (non-hydrogen) atoms. The van der Waals surface area contributed by atoms with Gasteiger partial charge in [-0.15, -0.1) is 0 Å². The number of hydrogen-bond donors (Lipinski definition) is 2. The zero-order valence-corrected chi connectivity index (χ0v) is 11.8. The number of β-amino-alcohol motifs (C(OH)–C–C–N with tert-alkyl or cyclic N) is 1. The van der Waals surface area contributed by atoms with E-state index < -0.39 is 0 Å². The average Bonchev–Trinajstić information content (AvgIpc) is 2.79. The summed E-state index contributed by atoms with van der Waals surface area (Å²) in [5, 5.41) is 19.7. The fourth-order valence-corrected chi connectivity index (χ4v) is 3.00. The lowest BCUT2D eigenvalue weighted by Gasteiger charge is -2.24. The monoisotopic (exact) mass is 299 g/mol. The van der Waals surface area contributed by atoms with Gasteiger partial charge in [0.2, 0.25) is 0 Å². The van der Waals surface area contributed by atoms with Crippen LogP contribution in [0.5, 0.6) is 11.5 Å². The number of likely N-dealkylation sites (tertiary alicyclic amines) is 1. The van der Waals surface area contributed by atoms with Crippen molar-refractivity contribution in [3.8, 4) is 11.5 Å². The van der Waals surface area contributed by atoms with Gasteiger partial charge in [0.05, 0.1) is 12.7 Å². The Bertz CT molecular complexity index is 496. The van der Waals surface area contributed by atoms with Crippen LogP contribution in [0.1, 0.15) is 12.0 Å². The fourth-order valence-electron chi connectivity index (χ4n) is 2.79. The Hall–Kier alpha value is -1.01. The highest BCUT2D eigenvalue weighted by Crippen LogP contribution is 2.36. The second-order valence-corrected chi connectivity index (χ2v) is 5.65. The van der Waals surface area contributed by atoms with E-state index in [4.69, 9.17) is 21.1 Å². The zero-order chi connectivity index (χ0) is 14.1. The first kappa shape index (κ1) is 13.9. The van der Waals surface area contributed by atoms with Crippen LogP contribution in [-0.4, -0.2) is 53.6 Å². The van der Waals surface area contributed by atoms with Crippen molar-refractivity contribution in [2.45, 2.75) is 25.1 Å². The molecule has 1 aromatic carbocycles. The van der Waals surface area contributed by atoms with Crippen molar-refractivity contribution in [3.63, 3.8) is 0 Å². The molecular weight excluding hydrogens is 282 g/mol. The third kappa shape index (κ3) is 2.72. The van der Waals surface area contributed by atoms with E-state index in [-0.39, 0.29) is 18.8 Å². The lowest BCUT2D eigenvalue weighted by molar-refractivity contribution is 0.149. The van der Waals surface area contributed by atoms with Crippen LogP contribution in [0.25, 0.3) is 0 Å². The molecule has 1 fully saturated rings. The predicted octanol–water partition coefficient (Wildman–Crippen LogP) is 1.04. The van der Waals surface area contributed by atoms with Crippen molar-refractivity contribution < 1.29 is 19.7 Å². The summed E-state index contributed by atoms with van der Waals surface area (Å²) >= 11 is 6.28. The van der Waals surface area contributed by atoms with E-state index in [9.17, 15) is 10.2 Å². The fraction of sp³-hybridized carbons (Fsp3) is 0.571. The van der Waals surface area contributed by atoms with Crippen LogP contribution in [0.15, 0.2) is 12.1 Å². The number of hydrogen-bond acceptors (Lipinski definition) is 5. The summed E-state index contributed by atoms with van der Waals surface area (Å²) in [5.74, 6) is 1.38. The predicted molar refractivity (Wildman–Crippen MR) is 74.3 cm³/mol. The summed E-state index contributed by atoms with van der Waals surface area (Å²) in [5.41, 5.74) is 0.920. The van der Waals surface area contributed by atoms with E-state index in [1.807, 2.05) is 11.0 Å². The third-order valence-corrected chi connectivity index (χ3v) is 4.15. The number of aliphatic hydroxyl groups is 2. The molecule has 0 aromatic heterocycles. The van der Waals surface area contributed by atoms with Crippen molar-refractivity contribution in [1.82, 2.24) is 4.90 Å². The molecule has 2 atom stereocenters. The zero-order valence-electron chi connectivity index (χ0n) is 11.1. The molecule has 0 bridgehead atoms. The van der Waals surface area contributed by atoms with Crippen molar-refractivity contribution >= 4 is 11.6 Å². The van der Waals surface area contributed by atoms with E-state index in [1.54, 1.807) is 6.07 Å². The van der Waals surface area contributed by atoms with E-state index in [1.165, 1.54) is 0 Å². The third-order valence-electron chi connectivity index (χ3n) is 3.80. The van der Waals surface area contributed by atoms with Gasteiger partial charge in [0.25, 0.3) is 0 Å². The first-order valence-electron chi connectivity index (χ1n) is 6.78. The van der Waals surface area contributed by atoms with Gasteiger partial charge < -0.3 is 19.7 Å². The second kappa shape index (κ2) is 5.77. The molecule has 3 rings (SSSR count). The van der Waals surface area contributed by atoms with Crippen molar-refractivity contribution in [2.24, 2.45) is 0 Å². The molecule has 0 spiro atoms. The highest BCUT2D eigenvalue weighted by Gasteiger charge is 2.31. The lowest BCUT2D eigenvalue weighted by atomic mass is 10.1. The molecule has 6 heteroatoms. The van der Waals surface area contributed by atoms with E-state index in [0.29, 0.717) is 49.2 Å². The average molecular weight is 300 g/mol. The normalized spacial score (nSPS) is 25.9. The number of fused-ring (bicyclic) bond motifs is 1. The van der Waals surface area contributed by atoms with Crippen molar-refractivity contribution in [1.29, 1.82) is 0 Å². The molecule has 110 valence electrons. The quantitative estimate of drug-likeness (QED) is 0.873. The summed E-state index contributed by atoms with van der Waals surface area (Å²) in [6.07, 6.45) is 0.210. The van der Waals surface area contributed by atoms with Crippen LogP contribution in [-0.2, 0) is 6.54 Å². The van der Waals surface area contributed by atoms with Gasteiger partial charge >= 0.3 is 0 Å². The van der Waals surface area contributed by atoms with Crippen LogP contribution in [0.4, 0.5) is 0 Å². The number of rotatable bonds is 3. The van der Waals surface area contributed by atoms with E-state index >= 15 is 0 Å². The molecule has 1 aromatic rings. The Morgan fingerprint density at radius 2 is 1.95 bits per heavy atom. The Balaban J connectivity index is 1.80. The van der Waals surface area contributed by atoms with Crippen molar-refractivity contribution in [2.75, 3.05) is 26.4 Å². The number of halogens is 1. The van der Waals surface area contributed by atoms with Gasteiger partial charge in [-0.05, 0) is 18.1 Å². The first-order chi connectivity index (χ1) is 9.67. The van der Waals surface area contributed by atoms with E-state index in [2.05, 4.69) is 0 Å². The summed E-state index contributed by atoms with van der Waals surface area (Å²) < 4.78 is 11.0. The maximum Gasteiger partial charge on any atom is 0.162 e. The van der Waals surface area contributed by atoms with Crippen LogP contribution >= 0.6 is 11.6 Å². The van der Waals surface area contributed by atoms with Gasteiger partial charge in [0.1, 0.15) is 13.2 Å². The van der Waals surface area contributed by atoms with Crippen LogP contribution in [0.3, 0.4) is 0 Å². The number of nitrogens with zero attached hydrogens (tertiary/aromatic N) is 1. The van der Waals surface area contributed by atoms with Crippen LogP contribution in [0, 0.1) is 0 Å². The van der Waals surface area contributed by atoms with Gasteiger partial charge in [-0.3, -0.25) is 4.90 Å². The first-order valence-corrected chi connectivity index (χ1v) is 7.16.